The molecule has 188 valence electrons. The number of hydrogen-bond donors (Lipinski definition) is 1. The highest BCUT2D eigenvalue weighted by molar-refractivity contribution is 6.21. The van der Waals surface area contributed by atoms with E-state index in [0.29, 0.717) is 0 Å². The van der Waals surface area contributed by atoms with Crippen LogP contribution in [0, 0.1) is 0 Å². The van der Waals surface area contributed by atoms with Crippen molar-refractivity contribution in [1.29, 1.82) is 0 Å². The molecule has 2 heteroatoms. The summed E-state index contributed by atoms with van der Waals surface area (Å²) in [6.45, 7) is 0. The van der Waals surface area contributed by atoms with Crippen molar-refractivity contribution in [2.75, 3.05) is 5.32 Å². The van der Waals surface area contributed by atoms with Crippen LogP contribution in [0.1, 0.15) is 0 Å². The molecule has 0 fully saturated rings. The van der Waals surface area contributed by atoms with E-state index >= 15 is 0 Å². The molecule has 8 rings (SSSR count). The zero-order valence-electron chi connectivity index (χ0n) is 21.8. The van der Waals surface area contributed by atoms with Gasteiger partial charge in [0.2, 0.25) is 0 Å². The molecule has 1 aromatic heterocycles. The molecule has 0 bridgehead atoms. The summed E-state index contributed by atoms with van der Waals surface area (Å²) in [5, 5.41) is 11.0. The van der Waals surface area contributed by atoms with Crippen molar-refractivity contribution in [3.05, 3.63) is 146 Å². The van der Waals surface area contributed by atoms with Gasteiger partial charge in [0.05, 0.1) is 5.69 Å². The zero-order chi connectivity index (χ0) is 26.5. The lowest BCUT2D eigenvalue weighted by Gasteiger charge is -2.20. The Morgan fingerprint density at radius 3 is 1.73 bits per heavy atom. The van der Waals surface area contributed by atoms with Gasteiger partial charge < -0.3 is 9.73 Å². The van der Waals surface area contributed by atoms with Gasteiger partial charge in [-0.05, 0) is 51.7 Å². The minimum atomic E-state index is 0.900. The number of fused-ring (bicyclic) bond motifs is 5. The molecule has 0 saturated carbocycles. The van der Waals surface area contributed by atoms with Crippen LogP contribution < -0.4 is 5.32 Å². The average molecular weight is 512 g/mol. The van der Waals surface area contributed by atoms with E-state index in [1.165, 1.54) is 32.7 Å². The first kappa shape index (κ1) is 22.6. The van der Waals surface area contributed by atoms with E-state index in [1.807, 2.05) is 12.1 Å². The number of hydrogen-bond acceptors (Lipinski definition) is 2. The number of anilines is 2. The third-order valence-corrected chi connectivity index (χ3v) is 7.87. The zero-order valence-corrected chi connectivity index (χ0v) is 21.8. The summed E-state index contributed by atoms with van der Waals surface area (Å²) in [6.07, 6.45) is 0. The highest BCUT2D eigenvalue weighted by Gasteiger charge is 2.17. The molecule has 0 aliphatic heterocycles. The third kappa shape index (κ3) is 3.58. The summed E-state index contributed by atoms with van der Waals surface area (Å²) in [5.74, 6) is 0. The van der Waals surface area contributed by atoms with Crippen LogP contribution in [0.2, 0.25) is 0 Å². The molecular formula is C38H25NO. The maximum Gasteiger partial charge on any atom is 0.136 e. The summed E-state index contributed by atoms with van der Waals surface area (Å²) in [7, 11) is 0. The van der Waals surface area contributed by atoms with Gasteiger partial charge in [0.1, 0.15) is 11.2 Å². The fourth-order valence-electron chi connectivity index (χ4n) is 6.05. The number of furan rings is 1. The van der Waals surface area contributed by atoms with Gasteiger partial charge in [0, 0.05) is 32.8 Å². The molecular weight excluding hydrogens is 486 g/mol. The van der Waals surface area contributed by atoms with Crippen molar-refractivity contribution < 1.29 is 4.42 Å². The lowest BCUT2D eigenvalue weighted by atomic mass is 9.90. The van der Waals surface area contributed by atoms with Gasteiger partial charge in [0.15, 0.2) is 0 Å². The fourth-order valence-corrected chi connectivity index (χ4v) is 6.05. The molecule has 0 atom stereocenters. The van der Waals surface area contributed by atoms with Crippen LogP contribution in [0.5, 0.6) is 0 Å². The van der Waals surface area contributed by atoms with Crippen molar-refractivity contribution in [3.8, 4) is 22.3 Å². The van der Waals surface area contributed by atoms with E-state index in [9.17, 15) is 0 Å². The molecule has 0 aliphatic carbocycles. The van der Waals surface area contributed by atoms with Crippen LogP contribution in [0.3, 0.4) is 0 Å². The van der Waals surface area contributed by atoms with Crippen molar-refractivity contribution in [2.45, 2.75) is 0 Å². The molecule has 1 N–H and O–H groups in total. The maximum absolute atomic E-state index is 6.22. The second-order valence-corrected chi connectivity index (χ2v) is 10.2. The number of para-hydroxylation sites is 2. The largest absolute Gasteiger partial charge is 0.456 e. The quantitative estimate of drug-likeness (QED) is 0.238. The van der Waals surface area contributed by atoms with Crippen LogP contribution in [-0.4, -0.2) is 0 Å². The summed E-state index contributed by atoms with van der Waals surface area (Å²) in [4.78, 5) is 0. The SMILES string of the molecule is c1ccc(-c2c3ccccc3c(Nc3ccccc3-c3ccc4c(c3)oc3ccccc34)c3ccccc23)cc1. The van der Waals surface area contributed by atoms with E-state index in [2.05, 4.69) is 139 Å². The highest BCUT2D eigenvalue weighted by atomic mass is 16.3. The van der Waals surface area contributed by atoms with Crippen molar-refractivity contribution in [3.63, 3.8) is 0 Å². The Kier molecular flexibility index (Phi) is 5.17. The first-order valence-electron chi connectivity index (χ1n) is 13.6. The van der Waals surface area contributed by atoms with Gasteiger partial charge in [-0.2, -0.15) is 0 Å². The van der Waals surface area contributed by atoms with E-state index in [0.717, 1.165) is 44.4 Å². The normalized spacial score (nSPS) is 11.5. The summed E-state index contributed by atoms with van der Waals surface area (Å²) in [5.41, 5.74) is 8.72. The summed E-state index contributed by atoms with van der Waals surface area (Å²) < 4.78 is 6.22. The molecule has 40 heavy (non-hydrogen) atoms. The molecule has 1 heterocycles. The molecule has 0 unspecified atom stereocenters. The molecule has 0 aliphatic rings. The van der Waals surface area contributed by atoms with E-state index < -0.39 is 0 Å². The molecule has 8 aromatic rings. The van der Waals surface area contributed by atoms with Gasteiger partial charge in [-0.3, -0.25) is 0 Å². The Morgan fingerprint density at radius 2 is 0.975 bits per heavy atom. The van der Waals surface area contributed by atoms with Crippen LogP contribution in [-0.2, 0) is 0 Å². The third-order valence-electron chi connectivity index (χ3n) is 7.87. The predicted molar refractivity (Wildman–Crippen MR) is 169 cm³/mol. The van der Waals surface area contributed by atoms with Gasteiger partial charge in [0.25, 0.3) is 0 Å². The van der Waals surface area contributed by atoms with Gasteiger partial charge in [-0.15, -0.1) is 0 Å². The van der Waals surface area contributed by atoms with Crippen LogP contribution in [0.15, 0.2) is 150 Å². The van der Waals surface area contributed by atoms with Gasteiger partial charge in [-0.1, -0.05) is 121 Å². The Bertz CT molecular complexity index is 2130. The van der Waals surface area contributed by atoms with Crippen LogP contribution in [0.4, 0.5) is 11.4 Å². The fraction of sp³-hybridized carbons (Fsp3) is 0. The molecule has 0 amide bonds. The van der Waals surface area contributed by atoms with Crippen molar-refractivity contribution >= 4 is 54.9 Å². The minimum absolute atomic E-state index is 0.900. The predicted octanol–water partition coefficient (Wildman–Crippen LogP) is 11.0. The first-order valence-corrected chi connectivity index (χ1v) is 13.6. The van der Waals surface area contributed by atoms with Crippen molar-refractivity contribution in [2.24, 2.45) is 0 Å². The highest BCUT2D eigenvalue weighted by Crippen LogP contribution is 2.44. The summed E-state index contributed by atoms with van der Waals surface area (Å²) in [6, 6.07) is 51.4. The molecule has 2 nitrogen and oxygen atoms in total. The van der Waals surface area contributed by atoms with E-state index in [4.69, 9.17) is 4.42 Å². The first-order chi connectivity index (χ1) is 19.8. The Balaban J connectivity index is 1.33. The van der Waals surface area contributed by atoms with Crippen molar-refractivity contribution in [1.82, 2.24) is 0 Å². The Hall–Kier alpha value is -5.34. The second kappa shape index (κ2) is 9.14. The average Bonchev–Trinajstić information content (AvgIpc) is 3.39. The maximum atomic E-state index is 6.22. The summed E-state index contributed by atoms with van der Waals surface area (Å²) >= 11 is 0. The van der Waals surface area contributed by atoms with E-state index in [-0.39, 0.29) is 0 Å². The lowest BCUT2D eigenvalue weighted by molar-refractivity contribution is 0.669. The standard InChI is InChI=1S/C38H25NO/c1-2-12-25(13-3-1)37-30-16-4-6-18-32(30)38(33-19-7-5-17-31(33)37)39-34-20-10-8-14-27(34)26-22-23-29-28-15-9-11-21-35(28)40-36(29)24-26/h1-24,39H. The van der Waals surface area contributed by atoms with Crippen LogP contribution in [0.25, 0.3) is 65.7 Å². The molecule has 7 aromatic carbocycles. The topological polar surface area (TPSA) is 25.2 Å². The smallest absolute Gasteiger partial charge is 0.136 e. The Labute approximate surface area is 232 Å². The van der Waals surface area contributed by atoms with Crippen LogP contribution >= 0.6 is 0 Å². The van der Waals surface area contributed by atoms with Gasteiger partial charge in [-0.25, -0.2) is 0 Å². The minimum Gasteiger partial charge on any atom is -0.456 e. The molecule has 0 saturated heterocycles. The lowest BCUT2D eigenvalue weighted by Crippen LogP contribution is -1.97. The monoisotopic (exact) mass is 511 g/mol. The number of rotatable bonds is 4. The Morgan fingerprint density at radius 1 is 0.400 bits per heavy atom. The number of benzene rings is 7. The number of nitrogens with one attached hydrogen (secondary N) is 1. The molecule has 0 radical (unpaired) electrons. The van der Waals surface area contributed by atoms with Gasteiger partial charge >= 0.3 is 0 Å². The molecule has 0 spiro atoms. The van der Waals surface area contributed by atoms with E-state index in [1.54, 1.807) is 0 Å². The second-order valence-electron chi connectivity index (χ2n) is 10.2.